The van der Waals surface area contributed by atoms with Crippen molar-refractivity contribution >= 4 is 52.2 Å². The lowest BCUT2D eigenvalue weighted by Gasteiger charge is -2.12. The van der Waals surface area contributed by atoms with Crippen LogP contribution in [-0.2, 0) is 17.5 Å². The zero-order valence-electron chi connectivity index (χ0n) is 16.0. The number of carbonyl (C=O) groups excluding carboxylic acids is 2. The molecule has 1 aliphatic rings. The van der Waals surface area contributed by atoms with Crippen molar-refractivity contribution in [3.8, 4) is 11.3 Å². The minimum absolute atomic E-state index is 0.0204. The lowest BCUT2D eigenvalue weighted by molar-refractivity contribution is -0.137. The van der Waals surface area contributed by atoms with Crippen LogP contribution in [0.5, 0.6) is 0 Å². The number of imide groups is 1. The zero-order chi connectivity index (χ0) is 23.0. The van der Waals surface area contributed by atoms with Gasteiger partial charge in [0, 0.05) is 11.6 Å². The zero-order valence-corrected chi connectivity index (χ0v) is 18.3. The average Bonchev–Trinajstić information content (AvgIpc) is 3.31. The number of furan rings is 1. The van der Waals surface area contributed by atoms with E-state index in [2.05, 4.69) is 0 Å². The number of hydrogen-bond acceptors (Lipinski definition) is 4. The molecule has 32 heavy (non-hydrogen) atoms. The van der Waals surface area contributed by atoms with Gasteiger partial charge in [-0.1, -0.05) is 41.4 Å². The van der Waals surface area contributed by atoms with E-state index < -0.39 is 22.9 Å². The Kier molecular flexibility index (Phi) is 6.11. The highest BCUT2D eigenvalue weighted by Crippen LogP contribution is 2.36. The molecule has 0 unspecified atom stereocenters. The van der Waals surface area contributed by atoms with E-state index in [4.69, 9.17) is 27.6 Å². The maximum absolute atomic E-state index is 12.9. The molecule has 1 fully saturated rings. The highest BCUT2D eigenvalue weighted by atomic mass is 35.5. The number of carbonyl (C=O) groups is 2. The van der Waals surface area contributed by atoms with Gasteiger partial charge in [0.25, 0.3) is 11.1 Å². The van der Waals surface area contributed by atoms with Crippen LogP contribution in [0, 0.1) is 0 Å². The molecule has 4 nitrogen and oxygen atoms in total. The van der Waals surface area contributed by atoms with Gasteiger partial charge in [-0.15, -0.1) is 0 Å². The summed E-state index contributed by atoms with van der Waals surface area (Å²) in [6.45, 7) is 0.0204. The van der Waals surface area contributed by atoms with Crippen LogP contribution in [0.4, 0.5) is 18.0 Å². The molecule has 0 atom stereocenters. The molecule has 0 saturated carbocycles. The molecule has 4 rings (SSSR count). The summed E-state index contributed by atoms with van der Waals surface area (Å²) in [4.78, 5) is 26.2. The van der Waals surface area contributed by atoms with Crippen LogP contribution in [0.3, 0.4) is 0 Å². The van der Waals surface area contributed by atoms with E-state index in [-0.39, 0.29) is 28.5 Å². The van der Waals surface area contributed by atoms with E-state index in [1.54, 1.807) is 18.2 Å². The fraction of sp³-hybridized carbons (Fsp3) is 0.0909. The molecular formula is C22H12Cl2F3NO3S. The van der Waals surface area contributed by atoms with Crippen LogP contribution in [-0.4, -0.2) is 16.0 Å². The SMILES string of the molecule is O=C1S/C(=C/c2ccc(-c3cccc(C(F)(F)F)c3)o2)C(=O)N1Cc1ccc(Cl)c(Cl)c1. The van der Waals surface area contributed by atoms with E-state index in [1.807, 2.05) is 0 Å². The summed E-state index contributed by atoms with van der Waals surface area (Å²) in [5.41, 5.74) is 0.0800. The van der Waals surface area contributed by atoms with Gasteiger partial charge in [-0.05, 0) is 53.7 Å². The topological polar surface area (TPSA) is 50.5 Å². The second-order valence-corrected chi connectivity index (χ2v) is 8.60. The Morgan fingerprint density at radius 1 is 1.00 bits per heavy atom. The second-order valence-electron chi connectivity index (χ2n) is 6.80. The normalized spacial score (nSPS) is 15.8. The van der Waals surface area contributed by atoms with Gasteiger partial charge in [0.1, 0.15) is 11.5 Å². The van der Waals surface area contributed by atoms with E-state index in [0.29, 0.717) is 15.6 Å². The van der Waals surface area contributed by atoms with E-state index in [0.717, 1.165) is 28.8 Å². The van der Waals surface area contributed by atoms with Gasteiger partial charge in [0.2, 0.25) is 0 Å². The number of halogens is 5. The van der Waals surface area contributed by atoms with E-state index in [1.165, 1.54) is 30.3 Å². The standard InChI is InChI=1S/C22H12Cl2F3NO3S/c23-16-6-4-12(8-17(16)24)11-28-20(29)19(32-21(28)30)10-15-5-7-18(31-15)13-2-1-3-14(9-13)22(25,26)27/h1-10H,11H2/b19-10+. The van der Waals surface area contributed by atoms with Crippen molar-refractivity contribution in [3.63, 3.8) is 0 Å². The predicted molar refractivity (Wildman–Crippen MR) is 117 cm³/mol. The van der Waals surface area contributed by atoms with Crippen molar-refractivity contribution in [2.45, 2.75) is 12.7 Å². The number of thioether (sulfide) groups is 1. The Morgan fingerprint density at radius 3 is 2.50 bits per heavy atom. The van der Waals surface area contributed by atoms with Gasteiger partial charge in [-0.25, -0.2) is 0 Å². The fourth-order valence-corrected chi connectivity index (χ4v) is 4.16. The molecule has 1 aromatic heterocycles. The summed E-state index contributed by atoms with van der Waals surface area (Å²) in [7, 11) is 0. The number of alkyl halides is 3. The molecule has 0 radical (unpaired) electrons. The largest absolute Gasteiger partial charge is 0.457 e. The van der Waals surface area contributed by atoms with Crippen molar-refractivity contribution in [3.05, 3.63) is 86.4 Å². The average molecular weight is 498 g/mol. The van der Waals surface area contributed by atoms with Crippen LogP contribution in [0.15, 0.2) is 63.9 Å². The summed E-state index contributed by atoms with van der Waals surface area (Å²) in [5.74, 6) is -0.0714. The Hall–Kier alpha value is -2.68. The molecule has 1 aliphatic heterocycles. The lowest BCUT2D eigenvalue weighted by Crippen LogP contribution is -2.27. The Labute approximate surface area is 194 Å². The first-order valence-electron chi connectivity index (χ1n) is 9.08. The Morgan fingerprint density at radius 2 is 1.78 bits per heavy atom. The minimum atomic E-state index is -4.47. The molecule has 2 heterocycles. The molecule has 0 spiro atoms. The molecule has 3 aromatic rings. The fourth-order valence-electron chi connectivity index (χ4n) is 3.02. The highest BCUT2D eigenvalue weighted by Gasteiger charge is 2.35. The van der Waals surface area contributed by atoms with E-state index >= 15 is 0 Å². The summed E-state index contributed by atoms with van der Waals surface area (Å²) in [6.07, 6.45) is -3.09. The number of nitrogens with zero attached hydrogens (tertiary/aromatic N) is 1. The molecular weight excluding hydrogens is 486 g/mol. The first kappa shape index (κ1) is 22.5. The van der Waals surface area contributed by atoms with Gasteiger partial charge < -0.3 is 4.42 Å². The quantitative estimate of drug-likeness (QED) is 0.350. The second kappa shape index (κ2) is 8.69. The van der Waals surface area contributed by atoms with Crippen molar-refractivity contribution < 1.29 is 27.2 Å². The Bertz CT molecular complexity index is 1250. The van der Waals surface area contributed by atoms with Gasteiger partial charge in [0.15, 0.2) is 0 Å². The van der Waals surface area contributed by atoms with Crippen LogP contribution in [0.2, 0.25) is 10.0 Å². The third kappa shape index (κ3) is 4.72. The van der Waals surface area contributed by atoms with Crippen molar-refractivity contribution in [1.29, 1.82) is 0 Å². The number of amides is 2. The molecule has 0 N–H and O–H groups in total. The molecule has 10 heteroatoms. The van der Waals surface area contributed by atoms with Gasteiger partial charge in [-0.2, -0.15) is 13.2 Å². The molecule has 1 saturated heterocycles. The van der Waals surface area contributed by atoms with Crippen molar-refractivity contribution in [2.24, 2.45) is 0 Å². The van der Waals surface area contributed by atoms with Gasteiger partial charge in [-0.3, -0.25) is 14.5 Å². The summed E-state index contributed by atoms with van der Waals surface area (Å²) < 4.78 is 44.4. The summed E-state index contributed by atoms with van der Waals surface area (Å²) in [5, 5.41) is 0.209. The van der Waals surface area contributed by atoms with Crippen LogP contribution < -0.4 is 0 Å². The maximum atomic E-state index is 12.9. The first-order valence-corrected chi connectivity index (χ1v) is 10.7. The van der Waals surface area contributed by atoms with Crippen LogP contribution in [0.1, 0.15) is 16.9 Å². The number of rotatable bonds is 4. The molecule has 164 valence electrons. The molecule has 2 aromatic carbocycles. The molecule has 0 aliphatic carbocycles. The number of hydrogen-bond donors (Lipinski definition) is 0. The maximum Gasteiger partial charge on any atom is 0.416 e. The summed E-state index contributed by atoms with van der Waals surface area (Å²) >= 11 is 12.6. The van der Waals surface area contributed by atoms with E-state index in [9.17, 15) is 22.8 Å². The predicted octanol–water partition coefficient (Wildman–Crippen LogP) is 7.51. The highest BCUT2D eigenvalue weighted by molar-refractivity contribution is 8.18. The molecule has 0 bridgehead atoms. The van der Waals surface area contributed by atoms with Gasteiger partial charge in [0.05, 0.1) is 27.1 Å². The van der Waals surface area contributed by atoms with Gasteiger partial charge >= 0.3 is 6.18 Å². The third-order valence-electron chi connectivity index (χ3n) is 4.57. The van der Waals surface area contributed by atoms with Crippen molar-refractivity contribution in [2.75, 3.05) is 0 Å². The monoisotopic (exact) mass is 497 g/mol. The lowest BCUT2D eigenvalue weighted by atomic mass is 10.1. The van der Waals surface area contributed by atoms with Crippen molar-refractivity contribution in [1.82, 2.24) is 4.90 Å². The smallest absolute Gasteiger partial charge is 0.416 e. The minimum Gasteiger partial charge on any atom is -0.457 e. The van der Waals surface area contributed by atoms with Crippen LogP contribution in [0.25, 0.3) is 17.4 Å². The summed E-state index contributed by atoms with van der Waals surface area (Å²) in [6, 6.07) is 12.6. The number of benzene rings is 2. The first-order chi connectivity index (χ1) is 15.1. The Balaban J connectivity index is 1.54. The molecule has 2 amide bonds. The third-order valence-corrected chi connectivity index (χ3v) is 6.22. The van der Waals surface area contributed by atoms with Crippen LogP contribution >= 0.6 is 35.0 Å².